The standard InChI is InChI=1S/C31H42N2O5/c1-6-8-20-33(30(35)22-38-27-15-13-26(34)14-16-27)29-21-25(12-17-28(29)31(36)37-7-2)32-19-18-24(5)11-9-10-23(3)4/h10,12-18,21,32,34H,6-9,11,19-20,22H2,1-5H3. The van der Waals surface area contributed by atoms with Crippen molar-refractivity contribution >= 4 is 23.3 Å². The number of benzene rings is 2. The van der Waals surface area contributed by atoms with Crippen LogP contribution in [0.2, 0.25) is 0 Å². The fraction of sp³-hybridized carbons (Fsp3) is 0.419. The lowest BCUT2D eigenvalue weighted by atomic mass is 10.1. The minimum absolute atomic E-state index is 0.120. The maximum absolute atomic E-state index is 13.4. The molecular weight excluding hydrogens is 480 g/mol. The van der Waals surface area contributed by atoms with Gasteiger partial charge in [-0.25, -0.2) is 4.79 Å². The number of ether oxygens (including phenoxy) is 2. The van der Waals surface area contributed by atoms with Crippen molar-refractivity contribution in [1.82, 2.24) is 0 Å². The van der Waals surface area contributed by atoms with Crippen LogP contribution in [0.25, 0.3) is 0 Å². The number of carbonyl (C=O) groups excluding carboxylic acids is 2. The molecule has 0 unspecified atom stereocenters. The van der Waals surface area contributed by atoms with E-state index in [-0.39, 0.29) is 24.9 Å². The molecule has 0 heterocycles. The van der Waals surface area contributed by atoms with Gasteiger partial charge >= 0.3 is 5.97 Å². The van der Waals surface area contributed by atoms with Gasteiger partial charge in [0.25, 0.3) is 5.91 Å². The number of carbonyl (C=O) groups is 2. The van der Waals surface area contributed by atoms with E-state index in [2.05, 4.69) is 38.2 Å². The molecule has 0 aliphatic heterocycles. The highest BCUT2D eigenvalue weighted by atomic mass is 16.5. The first-order chi connectivity index (χ1) is 18.2. The van der Waals surface area contributed by atoms with E-state index in [1.54, 1.807) is 30.0 Å². The SMILES string of the molecule is CCCCN(C(=O)COc1ccc(O)cc1)c1cc(NCC=C(C)CCC=C(C)C)ccc1C(=O)OCC. The normalized spacial score (nSPS) is 11.0. The number of hydrogen-bond donors (Lipinski definition) is 2. The van der Waals surface area contributed by atoms with Gasteiger partial charge < -0.3 is 24.8 Å². The zero-order chi connectivity index (χ0) is 27.9. The van der Waals surface area contributed by atoms with E-state index in [4.69, 9.17) is 9.47 Å². The topological polar surface area (TPSA) is 88.1 Å². The molecular formula is C31H42N2O5. The van der Waals surface area contributed by atoms with Crippen molar-refractivity contribution in [2.75, 3.05) is 36.5 Å². The van der Waals surface area contributed by atoms with Crippen LogP contribution in [0.4, 0.5) is 11.4 Å². The molecule has 0 aromatic heterocycles. The molecule has 0 bridgehead atoms. The summed E-state index contributed by atoms with van der Waals surface area (Å²) in [6, 6.07) is 11.6. The Balaban J connectivity index is 2.26. The third-order valence-electron chi connectivity index (χ3n) is 5.87. The van der Waals surface area contributed by atoms with Gasteiger partial charge in [0.15, 0.2) is 6.61 Å². The molecule has 0 fully saturated rings. The first-order valence-electron chi connectivity index (χ1n) is 13.3. The van der Waals surface area contributed by atoms with Crippen LogP contribution >= 0.6 is 0 Å². The summed E-state index contributed by atoms with van der Waals surface area (Å²) < 4.78 is 11.0. The van der Waals surface area contributed by atoms with Gasteiger partial charge in [-0.3, -0.25) is 4.79 Å². The number of hydrogen-bond acceptors (Lipinski definition) is 6. The van der Waals surface area contributed by atoms with Gasteiger partial charge in [0.1, 0.15) is 11.5 Å². The summed E-state index contributed by atoms with van der Waals surface area (Å²) >= 11 is 0. The van der Waals surface area contributed by atoms with E-state index < -0.39 is 5.97 Å². The second kappa shape index (κ2) is 16.2. The first kappa shape index (κ1) is 30.5. The molecule has 0 saturated heterocycles. The van der Waals surface area contributed by atoms with Gasteiger partial charge in [0.05, 0.1) is 17.9 Å². The molecule has 1 amide bonds. The molecule has 0 aliphatic carbocycles. The number of esters is 1. The van der Waals surface area contributed by atoms with Crippen molar-refractivity contribution in [3.63, 3.8) is 0 Å². The van der Waals surface area contributed by atoms with Crippen LogP contribution in [0.5, 0.6) is 11.5 Å². The lowest BCUT2D eigenvalue weighted by Gasteiger charge is -2.25. The molecule has 7 nitrogen and oxygen atoms in total. The van der Waals surface area contributed by atoms with Crippen LogP contribution in [-0.4, -0.2) is 43.3 Å². The van der Waals surface area contributed by atoms with E-state index >= 15 is 0 Å². The van der Waals surface area contributed by atoms with Crippen LogP contribution < -0.4 is 15.0 Å². The molecule has 2 N–H and O–H groups in total. The lowest BCUT2D eigenvalue weighted by molar-refractivity contribution is -0.120. The number of allylic oxidation sites excluding steroid dienone is 3. The summed E-state index contributed by atoms with van der Waals surface area (Å²) in [5.41, 5.74) is 4.24. The van der Waals surface area contributed by atoms with Crippen LogP contribution in [0, 0.1) is 0 Å². The number of unbranched alkanes of at least 4 members (excludes halogenated alkanes) is 1. The van der Waals surface area contributed by atoms with Crippen LogP contribution in [0.15, 0.2) is 65.8 Å². The van der Waals surface area contributed by atoms with Gasteiger partial charge in [-0.15, -0.1) is 0 Å². The van der Waals surface area contributed by atoms with Crippen molar-refractivity contribution in [2.45, 2.75) is 60.3 Å². The largest absolute Gasteiger partial charge is 0.508 e. The summed E-state index contributed by atoms with van der Waals surface area (Å²) in [5, 5.41) is 12.9. The second-order valence-electron chi connectivity index (χ2n) is 9.39. The number of nitrogens with zero attached hydrogens (tertiary/aromatic N) is 1. The zero-order valence-electron chi connectivity index (χ0n) is 23.4. The van der Waals surface area contributed by atoms with Gasteiger partial charge in [0, 0.05) is 18.8 Å². The van der Waals surface area contributed by atoms with E-state index in [9.17, 15) is 14.7 Å². The van der Waals surface area contributed by atoms with Crippen LogP contribution in [0.3, 0.4) is 0 Å². The van der Waals surface area contributed by atoms with E-state index in [0.29, 0.717) is 30.1 Å². The Labute approximate surface area is 227 Å². The maximum Gasteiger partial charge on any atom is 0.340 e. The Hall–Kier alpha value is -3.74. The Morgan fingerprint density at radius 3 is 2.42 bits per heavy atom. The molecule has 0 atom stereocenters. The molecule has 2 aromatic carbocycles. The number of phenols is 1. The average Bonchev–Trinajstić information content (AvgIpc) is 2.88. The first-order valence-corrected chi connectivity index (χ1v) is 13.3. The smallest absolute Gasteiger partial charge is 0.340 e. The highest BCUT2D eigenvalue weighted by molar-refractivity contribution is 6.03. The van der Waals surface area contributed by atoms with Crippen molar-refractivity contribution in [1.29, 1.82) is 0 Å². The highest BCUT2D eigenvalue weighted by Gasteiger charge is 2.23. The number of rotatable bonds is 15. The number of amides is 1. The number of nitrogens with one attached hydrogen (secondary N) is 1. The Morgan fingerprint density at radius 2 is 1.76 bits per heavy atom. The molecule has 0 aliphatic rings. The van der Waals surface area contributed by atoms with Crippen molar-refractivity contribution in [3.8, 4) is 11.5 Å². The zero-order valence-corrected chi connectivity index (χ0v) is 23.4. The lowest BCUT2D eigenvalue weighted by Crippen LogP contribution is -2.37. The minimum Gasteiger partial charge on any atom is -0.508 e. The van der Waals surface area contributed by atoms with Crippen molar-refractivity contribution in [2.24, 2.45) is 0 Å². The highest BCUT2D eigenvalue weighted by Crippen LogP contribution is 2.27. The molecule has 206 valence electrons. The van der Waals surface area contributed by atoms with Gasteiger partial charge in [-0.05, 0) is 89.4 Å². The van der Waals surface area contributed by atoms with Crippen molar-refractivity contribution < 1.29 is 24.2 Å². The molecule has 38 heavy (non-hydrogen) atoms. The predicted octanol–water partition coefficient (Wildman–Crippen LogP) is 6.89. The quantitative estimate of drug-likeness (QED) is 0.196. The monoisotopic (exact) mass is 522 g/mol. The summed E-state index contributed by atoms with van der Waals surface area (Å²) in [7, 11) is 0. The molecule has 7 heteroatoms. The summed E-state index contributed by atoms with van der Waals surface area (Å²) in [5.74, 6) is -0.156. The number of phenolic OH excluding ortho intramolecular Hbond substituents is 1. The molecule has 0 radical (unpaired) electrons. The molecule has 2 rings (SSSR count). The Bertz CT molecular complexity index is 1100. The van der Waals surface area contributed by atoms with Crippen LogP contribution in [0.1, 0.15) is 70.7 Å². The Kier molecular flexibility index (Phi) is 13.0. The fourth-order valence-corrected chi connectivity index (χ4v) is 3.74. The summed E-state index contributed by atoms with van der Waals surface area (Å²) in [6.45, 7) is 11.2. The van der Waals surface area contributed by atoms with Gasteiger partial charge in [0.2, 0.25) is 0 Å². The molecule has 0 saturated carbocycles. The van der Waals surface area contributed by atoms with E-state index in [1.807, 2.05) is 19.1 Å². The van der Waals surface area contributed by atoms with Gasteiger partial charge in [-0.2, -0.15) is 0 Å². The fourth-order valence-electron chi connectivity index (χ4n) is 3.74. The van der Waals surface area contributed by atoms with E-state index in [0.717, 1.165) is 31.4 Å². The van der Waals surface area contributed by atoms with Crippen LogP contribution in [-0.2, 0) is 9.53 Å². The van der Waals surface area contributed by atoms with Crippen molar-refractivity contribution in [3.05, 3.63) is 71.3 Å². The second-order valence-corrected chi connectivity index (χ2v) is 9.39. The summed E-state index contributed by atoms with van der Waals surface area (Å²) in [6.07, 6.45) is 8.05. The Morgan fingerprint density at radius 1 is 1.03 bits per heavy atom. The maximum atomic E-state index is 13.4. The van der Waals surface area contributed by atoms with E-state index in [1.165, 1.54) is 23.3 Å². The third-order valence-corrected chi connectivity index (χ3v) is 5.87. The summed E-state index contributed by atoms with van der Waals surface area (Å²) in [4.78, 5) is 27.7. The average molecular weight is 523 g/mol. The molecule has 2 aromatic rings. The number of aromatic hydroxyl groups is 1. The molecule has 0 spiro atoms. The minimum atomic E-state index is -0.474. The number of anilines is 2. The predicted molar refractivity (Wildman–Crippen MR) is 154 cm³/mol. The third kappa shape index (κ3) is 10.3. The van der Waals surface area contributed by atoms with Gasteiger partial charge in [-0.1, -0.05) is 36.6 Å².